The van der Waals surface area contributed by atoms with Crippen molar-refractivity contribution in [3.05, 3.63) is 47.7 Å². The van der Waals surface area contributed by atoms with Gasteiger partial charge in [-0.25, -0.2) is 4.79 Å². The predicted octanol–water partition coefficient (Wildman–Crippen LogP) is 3.16. The van der Waals surface area contributed by atoms with E-state index in [0.29, 0.717) is 17.7 Å². The fourth-order valence-corrected chi connectivity index (χ4v) is 4.40. The van der Waals surface area contributed by atoms with Crippen molar-refractivity contribution in [2.24, 2.45) is 0 Å². The summed E-state index contributed by atoms with van der Waals surface area (Å²) >= 11 is 0. The summed E-state index contributed by atoms with van der Waals surface area (Å²) in [5.74, 6) is -0.357. The number of rotatable bonds is 3. The second kappa shape index (κ2) is 4.99. The quantitative estimate of drug-likeness (QED) is 0.855. The molecule has 4 rings (SSSR count). The Kier molecular flexibility index (Phi) is 3.08. The number of nitrogens with one attached hydrogen (secondary N) is 1. The van der Waals surface area contributed by atoms with Crippen molar-refractivity contribution in [2.45, 2.75) is 31.2 Å². The van der Waals surface area contributed by atoms with Gasteiger partial charge in [-0.05, 0) is 43.0 Å². The van der Waals surface area contributed by atoms with Gasteiger partial charge in [0.15, 0.2) is 0 Å². The molecule has 114 valence electrons. The van der Waals surface area contributed by atoms with Crippen LogP contribution < -0.4 is 0 Å². The minimum atomic E-state index is -0.860. The fourth-order valence-electron chi connectivity index (χ4n) is 4.40. The molecule has 0 radical (unpaired) electrons. The molecule has 0 amide bonds. The summed E-state index contributed by atoms with van der Waals surface area (Å²) in [6.07, 6.45) is 5.15. The Morgan fingerprint density at radius 1 is 1.50 bits per heavy atom. The molecular formula is C18H20N2O2. The minimum absolute atomic E-state index is 0.366. The van der Waals surface area contributed by atoms with Gasteiger partial charge in [0.25, 0.3) is 0 Å². The van der Waals surface area contributed by atoms with E-state index in [0.717, 1.165) is 36.0 Å². The van der Waals surface area contributed by atoms with Crippen LogP contribution in [0.2, 0.25) is 0 Å². The number of fused-ring (bicyclic) bond motifs is 2. The molecular weight excluding hydrogens is 276 g/mol. The standard InChI is InChI=1S/C18H20N2O2/c1-2-8-20-9-4-6-11-12-5-3-7-14-16(12)13(10-15(11)20)17(19-14)18(21)22/h2-3,5,7,11,15,19H,1,4,6,8-10H2,(H,21,22)/t11?,15-/m1/s1. The molecule has 2 heterocycles. The van der Waals surface area contributed by atoms with Crippen LogP contribution in [0.25, 0.3) is 10.9 Å². The number of nitrogens with zero attached hydrogens (tertiary/aromatic N) is 1. The Morgan fingerprint density at radius 2 is 2.36 bits per heavy atom. The molecule has 1 saturated heterocycles. The van der Waals surface area contributed by atoms with E-state index in [2.05, 4.69) is 22.5 Å². The lowest BCUT2D eigenvalue weighted by Gasteiger charge is -2.43. The van der Waals surface area contributed by atoms with E-state index in [1.165, 1.54) is 18.4 Å². The maximum absolute atomic E-state index is 11.6. The van der Waals surface area contributed by atoms with Crippen molar-refractivity contribution in [1.29, 1.82) is 0 Å². The molecule has 1 unspecified atom stereocenters. The molecule has 2 aromatic rings. The molecule has 4 heteroatoms. The summed E-state index contributed by atoms with van der Waals surface area (Å²) in [4.78, 5) is 17.2. The molecule has 2 N–H and O–H groups in total. The molecule has 1 aromatic heterocycles. The summed E-state index contributed by atoms with van der Waals surface area (Å²) in [7, 11) is 0. The first-order valence-electron chi connectivity index (χ1n) is 7.92. The molecule has 1 aliphatic carbocycles. The minimum Gasteiger partial charge on any atom is -0.477 e. The highest BCUT2D eigenvalue weighted by Crippen LogP contribution is 2.44. The number of carboxylic acid groups (broad SMARTS) is 1. The van der Waals surface area contributed by atoms with Gasteiger partial charge in [-0.15, -0.1) is 6.58 Å². The zero-order valence-electron chi connectivity index (χ0n) is 12.5. The third-order valence-corrected chi connectivity index (χ3v) is 5.24. The average molecular weight is 296 g/mol. The molecule has 4 nitrogen and oxygen atoms in total. The van der Waals surface area contributed by atoms with E-state index in [1.54, 1.807) is 0 Å². The Balaban J connectivity index is 1.90. The number of hydrogen-bond donors (Lipinski definition) is 2. The van der Waals surface area contributed by atoms with Crippen molar-refractivity contribution < 1.29 is 9.90 Å². The molecule has 2 atom stereocenters. The van der Waals surface area contributed by atoms with E-state index in [-0.39, 0.29) is 0 Å². The lowest BCUT2D eigenvalue weighted by molar-refractivity contribution is 0.0688. The third kappa shape index (κ3) is 1.83. The number of carboxylic acids is 1. The highest BCUT2D eigenvalue weighted by Gasteiger charge is 2.38. The van der Waals surface area contributed by atoms with E-state index in [9.17, 15) is 9.90 Å². The van der Waals surface area contributed by atoms with Gasteiger partial charge in [0.1, 0.15) is 5.69 Å². The van der Waals surface area contributed by atoms with Gasteiger partial charge in [-0.3, -0.25) is 4.90 Å². The SMILES string of the molecule is C=CCN1CCCC2c3cccc4[nH]c(C(=O)O)c(c34)C[C@H]21. The van der Waals surface area contributed by atoms with Crippen LogP contribution in [0.3, 0.4) is 0 Å². The highest BCUT2D eigenvalue weighted by molar-refractivity contribution is 5.99. The number of aromatic carboxylic acids is 1. The van der Waals surface area contributed by atoms with Crippen molar-refractivity contribution in [3.63, 3.8) is 0 Å². The van der Waals surface area contributed by atoms with E-state index in [4.69, 9.17) is 0 Å². The molecule has 0 spiro atoms. The normalized spacial score (nSPS) is 24.2. The fraction of sp³-hybridized carbons (Fsp3) is 0.389. The second-order valence-electron chi connectivity index (χ2n) is 6.36. The number of likely N-dealkylation sites (tertiary alicyclic amines) is 1. The second-order valence-corrected chi connectivity index (χ2v) is 6.36. The zero-order chi connectivity index (χ0) is 15.3. The Morgan fingerprint density at radius 3 is 3.14 bits per heavy atom. The Bertz CT molecular complexity index is 762. The van der Waals surface area contributed by atoms with Crippen LogP contribution >= 0.6 is 0 Å². The lowest BCUT2D eigenvalue weighted by Crippen LogP contribution is -2.46. The third-order valence-electron chi connectivity index (χ3n) is 5.24. The van der Waals surface area contributed by atoms with Gasteiger partial charge in [0.05, 0.1) is 0 Å². The van der Waals surface area contributed by atoms with Gasteiger partial charge >= 0.3 is 5.97 Å². The molecule has 1 aromatic carbocycles. The monoisotopic (exact) mass is 296 g/mol. The summed E-state index contributed by atoms with van der Waals surface area (Å²) in [6, 6.07) is 6.59. The number of hydrogen-bond acceptors (Lipinski definition) is 2. The van der Waals surface area contributed by atoms with Crippen molar-refractivity contribution in [1.82, 2.24) is 9.88 Å². The first kappa shape index (κ1) is 13.6. The number of aromatic nitrogens is 1. The van der Waals surface area contributed by atoms with Crippen molar-refractivity contribution >= 4 is 16.9 Å². The van der Waals surface area contributed by atoms with Crippen LogP contribution in [-0.4, -0.2) is 40.1 Å². The van der Waals surface area contributed by atoms with Crippen LogP contribution in [0.15, 0.2) is 30.9 Å². The number of carbonyl (C=O) groups is 1. The van der Waals surface area contributed by atoms with Crippen molar-refractivity contribution in [2.75, 3.05) is 13.1 Å². The van der Waals surface area contributed by atoms with E-state index >= 15 is 0 Å². The van der Waals surface area contributed by atoms with E-state index in [1.807, 2.05) is 18.2 Å². The summed E-state index contributed by atoms with van der Waals surface area (Å²) in [6.45, 7) is 5.82. The average Bonchev–Trinajstić information content (AvgIpc) is 2.89. The maximum atomic E-state index is 11.6. The van der Waals surface area contributed by atoms with Gasteiger partial charge in [-0.1, -0.05) is 18.2 Å². The Hall–Kier alpha value is -2.07. The summed E-state index contributed by atoms with van der Waals surface area (Å²) < 4.78 is 0. The number of H-pyrrole nitrogens is 1. The van der Waals surface area contributed by atoms with Gasteiger partial charge < -0.3 is 10.1 Å². The zero-order valence-corrected chi connectivity index (χ0v) is 12.5. The molecule has 2 aliphatic rings. The molecule has 1 aliphatic heterocycles. The molecule has 0 saturated carbocycles. The largest absolute Gasteiger partial charge is 0.477 e. The van der Waals surface area contributed by atoms with Gasteiger partial charge in [-0.2, -0.15) is 0 Å². The highest BCUT2D eigenvalue weighted by atomic mass is 16.4. The predicted molar refractivity (Wildman–Crippen MR) is 86.5 cm³/mol. The van der Waals surface area contributed by atoms with Crippen LogP contribution in [0.5, 0.6) is 0 Å². The topological polar surface area (TPSA) is 56.3 Å². The molecule has 22 heavy (non-hydrogen) atoms. The Labute approximate surface area is 129 Å². The van der Waals surface area contributed by atoms with E-state index < -0.39 is 5.97 Å². The summed E-state index contributed by atoms with van der Waals surface area (Å²) in [5, 5.41) is 10.7. The van der Waals surface area contributed by atoms with Gasteiger partial charge in [0, 0.05) is 29.4 Å². The number of piperidine rings is 1. The van der Waals surface area contributed by atoms with Crippen LogP contribution in [0.4, 0.5) is 0 Å². The number of aromatic amines is 1. The van der Waals surface area contributed by atoms with Crippen molar-refractivity contribution in [3.8, 4) is 0 Å². The van der Waals surface area contributed by atoms with Crippen LogP contribution in [0.1, 0.15) is 40.4 Å². The summed E-state index contributed by atoms with van der Waals surface area (Å²) in [5.41, 5.74) is 3.63. The van der Waals surface area contributed by atoms with Crippen LogP contribution in [-0.2, 0) is 6.42 Å². The lowest BCUT2D eigenvalue weighted by atomic mass is 9.74. The molecule has 0 bridgehead atoms. The maximum Gasteiger partial charge on any atom is 0.352 e. The number of benzene rings is 1. The van der Waals surface area contributed by atoms with Gasteiger partial charge in [0.2, 0.25) is 0 Å². The van der Waals surface area contributed by atoms with Crippen LogP contribution in [0, 0.1) is 0 Å². The first-order valence-corrected chi connectivity index (χ1v) is 7.92. The molecule has 1 fully saturated rings. The first-order chi connectivity index (χ1) is 10.7. The smallest absolute Gasteiger partial charge is 0.352 e.